The van der Waals surface area contributed by atoms with Gasteiger partial charge in [0, 0.05) is 18.4 Å². The molecule has 0 aromatic heterocycles. The van der Waals surface area contributed by atoms with Gasteiger partial charge in [-0.05, 0) is 30.4 Å². The van der Waals surface area contributed by atoms with Gasteiger partial charge >= 0.3 is 5.97 Å². The Balaban J connectivity index is 1.92. The van der Waals surface area contributed by atoms with Crippen LogP contribution in [-0.4, -0.2) is 11.8 Å². The highest BCUT2D eigenvalue weighted by Crippen LogP contribution is 2.62. The van der Waals surface area contributed by atoms with E-state index in [9.17, 15) is 9.59 Å². The summed E-state index contributed by atoms with van der Waals surface area (Å²) in [6, 6.07) is 7.87. The first-order valence-corrected chi connectivity index (χ1v) is 7.69. The van der Waals surface area contributed by atoms with Gasteiger partial charge in [-0.15, -0.1) is 0 Å². The molecule has 3 nitrogen and oxygen atoms in total. The van der Waals surface area contributed by atoms with E-state index in [0.717, 1.165) is 36.8 Å². The molecule has 2 bridgehead atoms. The van der Waals surface area contributed by atoms with Crippen molar-refractivity contribution in [2.45, 2.75) is 38.5 Å². The topological polar surface area (TPSA) is 43.4 Å². The number of hydrogen-bond acceptors (Lipinski definition) is 3. The fourth-order valence-corrected chi connectivity index (χ4v) is 4.63. The molecule has 0 unspecified atom stereocenters. The molecule has 3 heteroatoms. The molecule has 0 aliphatic heterocycles. The van der Waals surface area contributed by atoms with Crippen LogP contribution >= 0.6 is 0 Å². The Morgan fingerprint density at radius 1 is 1.29 bits per heavy atom. The second kappa shape index (κ2) is 4.30. The third-order valence-electron chi connectivity index (χ3n) is 5.40. The number of hydrogen-bond donors (Lipinski definition) is 0. The summed E-state index contributed by atoms with van der Waals surface area (Å²) in [5, 5.41) is 0. The van der Waals surface area contributed by atoms with E-state index < -0.39 is 5.41 Å². The maximum Gasteiger partial charge on any atom is 0.307 e. The number of benzene rings is 1. The molecule has 1 aromatic rings. The van der Waals surface area contributed by atoms with Crippen LogP contribution in [0.3, 0.4) is 0 Å². The Morgan fingerprint density at radius 2 is 2.10 bits per heavy atom. The van der Waals surface area contributed by atoms with Gasteiger partial charge < -0.3 is 4.74 Å². The first-order valence-electron chi connectivity index (χ1n) is 7.69. The average molecular weight is 282 g/mol. The molecule has 1 fully saturated rings. The van der Waals surface area contributed by atoms with E-state index in [-0.39, 0.29) is 23.6 Å². The van der Waals surface area contributed by atoms with Crippen molar-refractivity contribution in [1.82, 2.24) is 0 Å². The van der Waals surface area contributed by atoms with Crippen LogP contribution in [0.15, 0.2) is 36.1 Å². The van der Waals surface area contributed by atoms with E-state index in [0.29, 0.717) is 5.76 Å². The normalized spacial score (nSPS) is 33.0. The van der Waals surface area contributed by atoms with Crippen LogP contribution in [0.2, 0.25) is 0 Å². The first kappa shape index (κ1) is 12.8. The smallest absolute Gasteiger partial charge is 0.307 e. The standard InChI is InChI=1S/C18H18O3/c1-11(19)21-16-10-14-12-6-2-3-7-13(12)17(20)18(16)9-5-4-8-15(14)18/h2-3,6-7,10,14-15H,4-5,8-9H2,1H3/t14-,15-,18-/m1/s1. The largest absolute Gasteiger partial charge is 0.430 e. The molecule has 3 aliphatic rings. The van der Waals surface area contributed by atoms with Crippen molar-refractivity contribution < 1.29 is 14.3 Å². The van der Waals surface area contributed by atoms with Gasteiger partial charge in [0.1, 0.15) is 5.76 Å². The maximum atomic E-state index is 13.2. The predicted octanol–water partition coefficient (Wildman–Crippen LogP) is 3.60. The number of rotatable bonds is 1. The van der Waals surface area contributed by atoms with Crippen LogP contribution in [-0.2, 0) is 9.53 Å². The molecule has 0 spiro atoms. The van der Waals surface area contributed by atoms with E-state index >= 15 is 0 Å². The molecule has 4 rings (SSSR count). The van der Waals surface area contributed by atoms with Crippen molar-refractivity contribution >= 4 is 11.8 Å². The minimum Gasteiger partial charge on any atom is -0.430 e. The van der Waals surface area contributed by atoms with E-state index in [1.807, 2.05) is 30.3 Å². The Kier molecular flexibility index (Phi) is 2.62. The van der Waals surface area contributed by atoms with Gasteiger partial charge in [-0.2, -0.15) is 0 Å². The fourth-order valence-electron chi connectivity index (χ4n) is 4.63. The van der Waals surface area contributed by atoms with Crippen LogP contribution in [0, 0.1) is 11.3 Å². The van der Waals surface area contributed by atoms with Crippen molar-refractivity contribution in [1.29, 1.82) is 0 Å². The molecule has 108 valence electrons. The zero-order valence-electron chi connectivity index (χ0n) is 12.1. The minimum atomic E-state index is -0.580. The Bertz CT molecular complexity index is 673. The number of carbonyl (C=O) groups is 2. The molecule has 21 heavy (non-hydrogen) atoms. The molecule has 1 aromatic carbocycles. The lowest BCUT2D eigenvalue weighted by Crippen LogP contribution is -2.45. The number of fused-ring (bicyclic) bond motifs is 2. The molecule has 1 saturated carbocycles. The minimum absolute atomic E-state index is 0.157. The van der Waals surface area contributed by atoms with Gasteiger partial charge in [0.05, 0.1) is 5.41 Å². The van der Waals surface area contributed by atoms with Crippen molar-refractivity contribution in [3.8, 4) is 0 Å². The Hall–Kier alpha value is -1.90. The monoisotopic (exact) mass is 282 g/mol. The summed E-state index contributed by atoms with van der Waals surface area (Å²) in [6.45, 7) is 1.41. The molecule has 0 amide bonds. The second-order valence-corrected chi connectivity index (χ2v) is 6.39. The number of ketones is 1. The van der Waals surface area contributed by atoms with Gasteiger partial charge in [-0.1, -0.05) is 37.1 Å². The van der Waals surface area contributed by atoms with Crippen molar-refractivity contribution in [3.63, 3.8) is 0 Å². The highest BCUT2D eigenvalue weighted by Gasteiger charge is 2.61. The SMILES string of the molecule is CC(=O)OC1=C[C@@H]2c3ccccc3C(=O)[C@@]13CCCC[C@H]23. The second-order valence-electron chi connectivity index (χ2n) is 6.39. The summed E-state index contributed by atoms with van der Waals surface area (Å²) in [4.78, 5) is 24.7. The third kappa shape index (κ3) is 1.55. The quantitative estimate of drug-likeness (QED) is 0.739. The summed E-state index contributed by atoms with van der Waals surface area (Å²) in [5.74, 6) is 0.927. The van der Waals surface area contributed by atoms with Crippen LogP contribution in [0.1, 0.15) is 54.4 Å². The lowest BCUT2D eigenvalue weighted by Gasteiger charge is -2.44. The molecule has 3 aliphatic carbocycles. The number of carbonyl (C=O) groups excluding carboxylic acids is 2. The molecule has 0 heterocycles. The first-order chi connectivity index (χ1) is 10.1. The van der Waals surface area contributed by atoms with Gasteiger partial charge in [0.15, 0.2) is 5.78 Å². The Labute approximate surface area is 124 Å². The Morgan fingerprint density at radius 3 is 2.90 bits per heavy atom. The van der Waals surface area contributed by atoms with Crippen molar-refractivity contribution in [2.24, 2.45) is 11.3 Å². The summed E-state index contributed by atoms with van der Waals surface area (Å²) >= 11 is 0. The molecular formula is C18H18O3. The van der Waals surface area contributed by atoms with Gasteiger partial charge in [0.25, 0.3) is 0 Å². The third-order valence-corrected chi connectivity index (χ3v) is 5.40. The van der Waals surface area contributed by atoms with Gasteiger partial charge in [-0.25, -0.2) is 0 Å². The van der Waals surface area contributed by atoms with Crippen LogP contribution in [0.25, 0.3) is 0 Å². The van der Waals surface area contributed by atoms with E-state index in [2.05, 4.69) is 0 Å². The molecule has 3 atom stereocenters. The molecule has 0 saturated heterocycles. The fraction of sp³-hybridized carbons (Fsp3) is 0.444. The highest BCUT2D eigenvalue weighted by molar-refractivity contribution is 6.06. The summed E-state index contributed by atoms with van der Waals surface area (Å²) in [5.41, 5.74) is 1.34. The van der Waals surface area contributed by atoms with Crippen molar-refractivity contribution in [3.05, 3.63) is 47.2 Å². The average Bonchev–Trinajstić information content (AvgIpc) is 2.77. The van der Waals surface area contributed by atoms with Crippen LogP contribution in [0.4, 0.5) is 0 Å². The van der Waals surface area contributed by atoms with Crippen LogP contribution < -0.4 is 0 Å². The van der Waals surface area contributed by atoms with Crippen molar-refractivity contribution in [2.75, 3.05) is 0 Å². The lowest BCUT2D eigenvalue weighted by atomic mass is 9.57. The van der Waals surface area contributed by atoms with Crippen LogP contribution in [0.5, 0.6) is 0 Å². The number of esters is 1. The zero-order chi connectivity index (χ0) is 14.6. The summed E-state index contributed by atoms with van der Waals surface area (Å²) < 4.78 is 5.49. The predicted molar refractivity (Wildman–Crippen MR) is 77.8 cm³/mol. The van der Waals surface area contributed by atoms with E-state index in [1.165, 1.54) is 6.92 Å². The molecular weight excluding hydrogens is 264 g/mol. The van der Waals surface area contributed by atoms with Gasteiger partial charge in [0.2, 0.25) is 0 Å². The molecule has 0 N–H and O–H groups in total. The van der Waals surface area contributed by atoms with Gasteiger partial charge in [-0.3, -0.25) is 9.59 Å². The number of Topliss-reactive ketones (excluding diaryl/α,β-unsaturated/α-hetero) is 1. The number of ether oxygens (including phenoxy) is 1. The lowest BCUT2D eigenvalue weighted by molar-refractivity contribution is -0.138. The summed E-state index contributed by atoms with van der Waals surface area (Å²) in [7, 11) is 0. The molecule has 0 radical (unpaired) electrons. The van der Waals surface area contributed by atoms with E-state index in [4.69, 9.17) is 4.74 Å². The van der Waals surface area contributed by atoms with E-state index in [1.54, 1.807) is 0 Å². The summed E-state index contributed by atoms with van der Waals surface area (Å²) in [6.07, 6.45) is 6.06. The maximum absolute atomic E-state index is 13.2. The zero-order valence-corrected chi connectivity index (χ0v) is 12.1. The highest BCUT2D eigenvalue weighted by atomic mass is 16.5. The number of allylic oxidation sites excluding steroid dienone is 2.